The van der Waals surface area contributed by atoms with E-state index in [0.29, 0.717) is 10.7 Å². The van der Waals surface area contributed by atoms with Gasteiger partial charge in [-0.2, -0.15) is 0 Å². The number of amides is 1. The summed E-state index contributed by atoms with van der Waals surface area (Å²) in [5.41, 5.74) is 3.59. The van der Waals surface area contributed by atoms with Crippen LogP contribution in [0.15, 0.2) is 78.9 Å². The molecule has 0 aliphatic heterocycles. The van der Waals surface area contributed by atoms with Gasteiger partial charge in [0.05, 0.1) is 18.4 Å². The van der Waals surface area contributed by atoms with Crippen LogP contribution >= 0.6 is 11.6 Å². The normalized spacial score (nSPS) is 10.6. The van der Waals surface area contributed by atoms with Crippen molar-refractivity contribution >= 4 is 35.2 Å². The number of rotatable bonds is 5. The zero-order valence-corrected chi connectivity index (χ0v) is 15.9. The fourth-order valence-corrected chi connectivity index (χ4v) is 2.88. The molecule has 0 bridgehead atoms. The number of ether oxygens (including phenoxy) is 1. The molecule has 140 valence electrons. The minimum absolute atomic E-state index is 0.197. The third-order valence-corrected chi connectivity index (χ3v) is 4.30. The summed E-state index contributed by atoms with van der Waals surface area (Å²) in [5, 5.41) is 3.07. The van der Waals surface area contributed by atoms with Crippen LogP contribution in [0.25, 0.3) is 17.2 Å². The standard InChI is InChI=1S/C23H18ClNO3/c1-28-23(27)20-15-19(24)11-12-21(20)25-22(26)13-10-16-6-5-9-18(14-16)17-7-3-2-4-8-17/h2-15H,1H3,(H,25,26). The molecule has 0 heterocycles. The Balaban J connectivity index is 1.76. The van der Waals surface area contributed by atoms with E-state index >= 15 is 0 Å². The molecule has 0 aliphatic rings. The second kappa shape index (κ2) is 9.02. The summed E-state index contributed by atoms with van der Waals surface area (Å²) in [4.78, 5) is 24.2. The van der Waals surface area contributed by atoms with Crippen LogP contribution < -0.4 is 5.32 Å². The molecule has 4 nitrogen and oxygen atoms in total. The molecule has 0 aliphatic carbocycles. The van der Waals surface area contributed by atoms with Crippen molar-refractivity contribution in [3.8, 4) is 11.1 Å². The zero-order chi connectivity index (χ0) is 19.9. The van der Waals surface area contributed by atoms with E-state index in [0.717, 1.165) is 16.7 Å². The molecule has 1 amide bonds. The quantitative estimate of drug-likeness (QED) is 0.465. The molecule has 0 fully saturated rings. The number of esters is 1. The molecule has 0 saturated carbocycles. The molecule has 1 N–H and O–H groups in total. The lowest BCUT2D eigenvalue weighted by molar-refractivity contribution is -0.111. The van der Waals surface area contributed by atoms with Crippen LogP contribution in [0.4, 0.5) is 5.69 Å². The van der Waals surface area contributed by atoms with E-state index < -0.39 is 5.97 Å². The van der Waals surface area contributed by atoms with Crippen molar-refractivity contribution in [1.82, 2.24) is 0 Å². The summed E-state index contributed by atoms with van der Waals surface area (Å²) in [6, 6.07) is 22.5. The number of carbonyl (C=O) groups is 2. The summed E-state index contributed by atoms with van der Waals surface area (Å²) in [6.07, 6.45) is 3.13. The highest BCUT2D eigenvalue weighted by molar-refractivity contribution is 6.31. The van der Waals surface area contributed by atoms with E-state index in [4.69, 9.17) is 16.3 Å². The number of carbonyl (C=O) groups excluding carboxylic acids is 2. The number of methoxy groups -OCH3 is 1. The fourth-order valence-electron chi connectivity index (χ4n) is 2.70. The zero-order valence-electron chi connectivity index (χ0n) is 15.2. The number of hydrogen-bond acceptors (Lipinski definition) is 3. The maximum absolute atomic E-state index is 12.3. The predicted octanol–water partition coefficient (Wildman–Crippen LogP) is 5.45. The first kappa shape index (κ1) is 19.4. The van der Waals surface area contributed by atoms with E-state index in [1.54, 1.807) is 18.2 Å². The van der Waals surface area contributed by atoms with E-state index in [9.17, 15) is 9.59 Å². The maximum Gasteiger partial charge on any atom is 0.340 e. The summed E-state index contributed by atoms with van der Waals surface area (Å²) in [7, 11) is 1.27. The van der Waals surface area contributed by atoms with Crippen molar-refractivity contribution in [2.45, 2.75) is 0 Å². The van der Waals surface area contributed by atoms with Crippen molar-refractivity contribution < 1.29 is 14.3 Å². The number of hydrogen-bond donors (Lipinski definition) is 1. The Bertz CT molecular complexity index is 1030. The van der Waals surface area contributed by atoms with Crippen molar-refractivity contribution in [1.29, 1.82) is 0 Å². The van der Waals surface area contributed by atoms with Crippen molar-refractivity contribution in [3.63, 3.8) is 0 Å². The molecule has 0 radical (unpaired) electrons. The van der Waals surface area contributed by atoms with Crippen LogP contribution in [0.2, 0.25) is 5.02 Å². The van der Waals surface area contributed by atoms with Crippen LogP contribution in [0.5, 0.6) is 0 Å². The Kier molecular flexibility index (Phi) is 6.25. The molecule has 3 rings (SSSR count). The molecule has 0 atom stereocenters. The maximum atomic E-state index is 12.3. The summed E-state index contributed by atoms with van der Waals surface area (Å²) in [5.74, 6) is -0.935. The number of benzene rings is 3. The third kappa shape index (κ3) is 4.87. The first-order valence-electron chi connectivity index (χ1n) is 8.59. The second-order valence-corrected chi connectivity index (χ2v) is 6.43. The lowest BCUT2D eigenvalue weighted by Gasteiger charge is -2.08. The lowest BCUT2D eigenvalue weighted by Crippen LogP contribution is -2.13. The van der Waals surface area contributed by atoms with Gasteiger partial charge in [-0.15, -0.1) is 0 Å². The van der Waals surface area contributed by atoms with Crippen LogP contribution in [-0.2, 0) is 9.53 Å². The molecule has 5 heteroatoms. The minimum atomic E-state index is -0.572. The first-order chi connectivity index (χ1) is 13.6. The van der Waals surface area contributed by atoms with Gasteiger partial charge in [-0.05, 0) is 47.0 Å². The van der Waals surface area contributed by atoms with Gasteiger partial charge >= 0.3 is 5.97 Å². The predicted molar refractivity (Wildman–Crippen MR) is 112 cm³/mol. The van der Waals surface area contributed by atoms with Gasteiger partial charge in [0.1, 0.15) is 0 Å². The molecule has 3 aromatic rings. The van der Waals surface area contributed by atoms with Crippen molar-refractivity contribution in [2.24, 2.45) is 0 Å². The van der Waals surface area contributed by atoms with Crippen LogP contribution in [-0.4, -0.2) is 19.0 Å². The summed E-state index contributed by atoms with van der Waals surface area (Å²) < 4.78 is 4.73. The van der Waals surface area contributed by atoms with Gasteiger partial charge in [-0.25, -0.2) is 4.79 Å². The summed E-state index contributed by atoms with van der Waals surface area (Å²) >= 11 is 5.93. The van der Waals surface area contributed by atoms with E-state index in [-0.39, 0.29) is 11.5 Å². The minimum Gasteiger partial charge on any atom is -0.465 e. The fraction of sp³-hybridized carbons (Fsp3) is 0.0435. The monoisotopic (exact) mass is 391 g/mol. The van der Waals surface area contributed by atoms with Gasteiger partial charge in [-0.3, -0.25) is 4.79 Å². The average molecular weight is 392 g/mol. The van der Waals surface area contributed by atoms with Crippen molar-refractivity contribution in [2.75, 3.05) is 12.4 Å². The molecule has 0 saturated heterocycles. The van der Waals surface area contributed by atoms with E-state index in [1.807, 2.05) is 54.6 Å². The van der Waals surface area contributed by atoms with Gasteiger partial charge in [0, 0.05) is 11.1 Å². The smallest absolute Gasteiger partial charge is 0.340 e. The third-order valence-electron chi connectivity index (χ3n) is 4.07. The molecule has 28 heavy (non-hydrogen) atoms. The van der Waals surface area contributed by atoms with Gasteiger partial charge in [0.25, 0.3) is 0 Å². The molecule has 0 aromatic heterocycles. The van der Waals surface area contributed by atoms with E-state index in [2.05, 4.69) is 5.32 Å². The highest BCUT2D eigenvalue weighted by Gasteiger charge is 2.13. The average Bonchev–Trinajstić information content (AvgIpc) is 2.74. The molecule has 3 aromatic carbocycles. The van der Waals surface area contributed by atoms with Crippen molar-refractivity contribution in [3.05, 3.63) is 95.0 Å². The second-order valence-electron chi connectivity index (χ2n) is 6.00. The Morgan fingerprint density at radius 3 is 2.43 bits per heavy atom. The number of halogens is 1. The van der Waals surface area contributed by atoms with Crippen LogP contribution in [0.3, 0.4) is 0 Å². The van der Waals surface area contributed by atoms with Gasteiger partial charge in [0.15, 0.2) is 0 Å². The Hall–Kier alpha value is -3.37. The molecular weight excluding hydrogens is 374 g/mol. The highest BCUT2D eigenvalue weighted by atomic mass is 35.5. The van der Waals surface area contributed by atoms with Gasteiger partial charge in [-0.1, -0.05) is 60.1 Å². The van der Waals surface area contributed by atoms with E-state index in [1.165, 1.54) is 19.3 Å². The van der Waals surface area contributed by atoms with Gasteiger partial charge in [0.2, 0.25) is 5.91 Å². The number of anilines is 1. The highest BCUT2D eigenvalue weighted by Crippen LogP contribution is 2.22. The SMILES string of the molecule is COC(=O)c1cc(Cl)ccc1NC(=O)C=Cc1cccc(-c2ccccc2)c1. The topological polar surface area (TPSA) is 55.4 Å². The Morgan fingerprint density at radius 1 is 0.929 bits per heavy atom. The van der Waals surface area contributed by atoms with Crippen LogP contribution in [0.1, 0.15) is 15.9 Å². The largest absolute Gasteiger partial charge is 0.465 e. The number of nitrogens with one attached hydrogen (secondary N) is 1. The summed E-state index contributed by atoms with van der Waals surface area (Å²) in [6.45, 7) is 0. The Morgan fingerprint density at radius 2 is 1.68 bits per heavy atom. The lowest BCUT2D eigenvalue weighted by atomic mass is 10.0. The Labute approximate surface area is 168 Å². The molecule has 0 unspecified atom stereocenters. The molecular formula is C23H18ClNO3. The van der Waals surface area contributed by atoms with Crippen LogP contribution in [0, 0.1) is 0 Å². The molecule has 0 spiro atoms. The van der Waals surface area contributed by atoms with Gasteiger partial charge < -0.3 is 10.1 Å². The first-order valence-corrected chi connectivity index (χ1v) is 8.97.